The Morgan fingerprint density at radius 1 is 1.43 bits per heavy atom. The lowest BCUT2D eigenvalue weighted by Gasteiger charge is -2.10. The zero-order valence-electron chi connectivity index (χ0n) is 9.08. The summed E-state index contributed by atoms with van der Waals surface area (Å²) < 4.78 is 4.46. The highest BCUT2D eigenvalue weighted by Gasteiger charge is 2.05. The third-order valence-corrected chi connectivity index (χ3v) is 2.50. The molecule has 0 heterocycles. The molecule has 0 rings (SSSR count). The Morgan fingerprint density at radius 3 is 2.71 bits per heavy atom. The Kier molecular flexibility index (Phi) is 8.94. The molecule has 0 aromatic rings. The van der Waals surface area contributed by atoms with Gasteiger partial charge in [0.15, 0.2) is 0 Å². The first-order valence-corrected chi connectivity index (χ1v) is 5.72. The Bertz CT molecular complexity index is 153. The number of hydrogen-bond donors (Lipinski definition) is 2. The van der Waals surface area contributed by atoms with Gasteiger partial charge in [0, 0.05) is 11.8 Å². The molecular formula is C10H21NO2S. The van der Waals surface area contributed by atoms with Gasteiger partial charge in [0.2, 0.25) is 0 Å². The lowest BCUT2D eigenvalue weighted by molar-refractivity contribution is 0.171. The van der Waals surface area contributed by atoms with E-state index in [1.165, 1.54) is 32.8 Å². The van der Waals surface area contributed by atoms with Gasteiger partial charge in [-0.15, -0.1) is 0 Å². The van der Waals surface area contributed by atoms with Gasteiger partial charge >= 0.3 is 6.09 Å². The van der Waals surface area contributed by atoms with Gasteiger partial charge in [0.05, 0.1) is 7.11 Å². The molecule has 0 bridgehead atoms. The first-order chi connectivity index (χ1) is 6.70. The molecule has 0 radical (unpaired) electrons. The SMILES string of the molecule is CCCCCC[C@@H](S)CNC(=O)OC. The van der Waals surface area contributed by atoms with Gasteiger partial charge in [0.25, 0.3) is 0 Å². The second-order valence-electron chi connectivity index (χ2n) is 3.38. The van der Waals surface area contributed by atoms with Crippen molar-refractivity contribution in [2.45, 2.75) is 44.3 Å². The number of nitrogens with one attached hydrogen (secondary N) is 1. The number of thiol groups is 1. The van der Waals surface area contributed by atoms with Crippen LogP contribution in [-0.4, -0.2) is 25.0 Å². The van der Waals surface area contributed by atoms with Gasteiger partial charge in [-0.05, 0) is 6.42 Å². The van der Waals surface area contributed by atoms with Crippen LogP contribution in [0.3, 0.4) is 0 Å². The average Bonchev–Trinajstić information content (AvgIpc) is 2.21. The largest absolute Gasteiger partial charge is 0.453 e. The van der Waals surface area contributed by atoms with Crippen molar-refractivity contribution < 1.29 is 9.53 Å². The summed E-state index contributed by atoms with van der Waals surface area (Å²) >= 11 is 4.38. The fraction of sp³-hybridized carbons (Fsp3) is 0.900. The molecule has 0 saturated heterocycles. The normalized spacial score (nSPS) is 12.2. The molecular weight excluding hydrogens is 198 g/mol. The van der Waals surface area contributed by atoms with Crippen molar-refractivity contribution in [2.75, 3.05) is 13.7 Å². The first-order valence-electron chi connectivity index (χ1n) is 5.20. The second kappa shape index (κ2) is 9.19. The van der Waals surface area contributed by atoms with Crippen LogP contribution in [0.4, 0.5) is 4.79 Å². The molecule has 84 valence electrons. The van der Waals surface area contributed by atoms with Gasteiger partial charge < -0.3 is 10.1 Å². The minimum Gasteiger partial charge on any atom is -0.453 e. The minimum atomic E-state index is -0.377. The van der Waals surface area contributed by atoms with Crippen LogP contribution in [0.1, 0.15) is 39.0 Å². The van der Waals surface area contributed by atoms with Crippen molar-refractivity contribution in [3.05, 3.63) is 0 Å². The van der Waals surface area contributed by atoms with Crippen molar-refractivity contribution in [1.29, 1.82) is 0 Å². The molecule has 1 atom stereocenters. The monoisotopic (exact) mass is 219 g/mol. The Labute approximate surface area is 92.0 Å². The van der Waals surface area contributed by atoms with Crippen LogP contribution in [0.15, 0.2) is 0 Å². The smallest absolute Gasteiger partial charge is 0.406 e. The van der Waals surface area contributed by atoms with E-state index in [0.29, 0.717) is 6.54 Å². The van der Waals surface area contributed by atoms with E-state index in [2.05, 4.69) is 29.6 Å². The molecule has 0 fully saturated rings. The average molecular weight is 219 g/mol. The van der Waals surface area contributed by atoms with Gasteiger partial charge in [0.1, 0.15) is 0 Å². The Balaban J connectivity index is 3.27. The topological polar surface area (TPSA) is 38.3 Å². The molecule has 0 aliphatic rings. The van der Waals surface area contributed by atoms with Gasteiger partial charge in [-0.1, -0.05) is 32.6 Å². The quantitative estimate of drug-likeness (QED) is 0.510. The molecule has 0 aliphatic carbocycles. The van der Waals surface area contributed by atoms with Gasteiger partial charge in [-0.3, -0.25) is 0 Å². The van der Waals surface area contributed by atoms with Crippen molar-refractivity contribution >= 4 is 18.7 Å². The third-order valence-electron chi connectivity index (χ3n) is 2.06. The Hall–Kier alpha value is -0.380. The number of hydrogen-bond acceptors (Lipinski definition) is 3. The number of unbranched alkanes of at least 4 members (excludes halogenated alkanes) is 3. The van der Waals surface area contributed by atoms with E-state index in [0.717, 1.165) is 6.42 Å². The molecule has 14 heavy (non-hydrogen) atoms. The predicted octanol–water partition coefficient (Wildman–Crippen LogP) is 2.61. The van der Waals surface area contributed by atoms with Gasteiger partial charge in [-0.25, -0.2) is 4.79 Å². The minimum absolute atomic E-state index is 0.242. The highest BCUT2D eigenvalue weighted by molar-refractivity contribution is 7.81. The van der Waals surface area contributed by atoms with E-state index < -0.39 is 0 Å². The maximum Gasteiger partial charge on any atom is 0.406 e. The number of carbonyl (C=O) groups excluding carboxylic acids is 1. The second-order valence-corrected chi connectivity index (χ2v) is 4.11. The molecule has 1 amide bonds. The van der Waals surface area contributed by atoms with E-state index in [1.54, 1.807) is 0 Å². The van der Waals surface area contributed by atoms with Crippen LogP contribution in [0.25, 0.3) is 0 Å². The van der Waals surface area contributed by atoms with Crippen LogP contribution in [0.2, 0.25) is 0 Å². The summed E-state index contributed by atoms with van der Waals surface area (Å²) in [5, 5.41) is 2.88. The first kappa shape index (κ1) is 13.6. The zero-order chi connectivity index (χ0) is 10.8. The number of ether oxygens (including phenoxy) is 1. The molecule has 0 unspecified atom stereocenters. The third kappa shape index (κ3) is 8.23. The molecule has 4 heteroatoms. The molecule has 0 aromatic heterocycles. The van der Waals surface area contributed by atoms with Crippen LogP contribution < -0.4 is 5.32 Å². The van der Waals surface area contributed by atoms with Crippen LogP contribution >= 0.6 is 12.6 Å². The van der Waals surface area contributed by atoms with Crippen molar-refractivity contribution in [2.24, 2.45) is 0 Å². The summed E-state index contributed by atoms with van der Waals surface area (Å²) in [4.78, 5) is 10.7. The van der Waals surface area contributed by atoms with E-state index >= 15 is 0 Å². The molecule has 0 spiro atoms. The van der Waals surface area contributed by atoms with E-state index in [-0.39, 0.29) is 11.3 Å². The van der Waals surface area contributed by atoms with E-state index in [4.69, 9.17) is 0 Å². The van der Waals surface area contributed by atoms with E-state index in [1.807, 2.05) is 0 Å². The fourth-order valence-electron chi connectivity index (χ4n) is 1.18. The number of alkyl carbamates (subject to hydrolysis) is 1. The molecule has 0 saturated carbocycles. The van der Waals surface area contributed by atoms with Crippen LogP contribution in [0, 0.1) is 0 Å². The summed E-state index contributed by atoms with van der Waals surface area (Å²) in [6.45, 7) is 2.78. The summed E-state index contributed by atoms with van der Waals surface area (Å²) in [6.07, 6.45) is 5.64. The molecule has 0 aromatic carbocycles. The number of amides is 1. The van der Waals surface area contributed by atoms with Crippen LogP contribution in [-0.2, 0) is 4.74 Å². The summed E-state index contributed by atoms with van der Waals surface area (Å²) in [5.41, 5.74) is 0. The molecule has 1 N–H and O–H groups in total. The van der Waals surface area contributed by atoms with Crippen LogP contribution in [0.5, 0.6) is 0 Å². The van der Waals surface area contributed by atoms with E-state index in [9.17, 15) is 4.79 Å². The fourth-order valence-corrected chi connectivity index (χ4v) is 1.46. The Morgan fingerprint density at radius 2 is 2.14 bits per heavy atom. The molecule has 3 nitrogen and oxygen atoms in total. The number of carbonyl (C=O) groups is 1. The lowest BCUT2D eigenvalue weighted by Crippen LogP contribution is -2.29. The van der Waals surface area contributed by atoms with Crippen molar-refractivity contribution in [3.63, 3.8) is 0 Å². The predicted molar refractivity (Wildman–Crippen MR) is 61.9 cm³/mol. The summed E-state index contributed by atoms with van der Waals surface area (Å²) in [5.74, 6) is 0. The lowest BCUT2D eigenvalue weighted by atomic mass is 10.1. The highest BCUT2D eigenvalue weighted by atomic mass is 32.1. The number of rotatable bonds is 7. The maximum atomic E-state index is 10.7. The highest BCUT2D eigenvalue weighted by Crippen LogP contribution is 2.08. The zero-order valence-corrected chi connectivity index (χ0v) is 9.98. The number of methoxy groups -OCH3 is 1. The maximum absolute atomic E-state index is 10.7. The summed E-state index contributed by atoms with van der Waals surface area (Å²) in [6, 6.07) is 0. The summed E-state index contributed by atoms with van der Waals surface area (Å²) in [7, 11) is 1.37. The van der Waals surface area contributed by atoms with Crippen molar-refractivity contribution in [3.8, 4) is 0 Å². The van der Waals surface area contributed by atoms with Crippen molar-refractivity contribution in [1.82, 2.24) is 5.32 Å². The molecule has 0 aliphatic heterocycles. The standard InChI is InChI=1S/C10H21NO2S/c1-3-4-5-6-7-9(14)8-11-10(12)13-2/h9,14H,3-8H2,1-2H3,(H,11,12)/t9-/m1/s1. The van der Waals surface area contributed by atoms with Gasteiger partial charge in [-0.2, -0.15) is 12.6 Å².